The van der Waals surface area contributed by atoms with Gasteiger partial charge in [0.1, 0.15) is 5.76 Å². The zero-order chi connectivity index (χ0) is 11.4. The highest BCUT2D eigenvalue weighted by Crippen LogP contribution is 2.16. The lowest BCUT2D eigenvalue weighted by Gasteiger charge is -2.32. The van der Waals surface area contributed by atoms with Crippen molar-refractivity contribution in [1.29, 1.82) is 0 Å². The van der Waals surface area contributed by atoms with Crippen LogP contribution in [-0.4, -0.2) is 30.7 Å². The third-order valence-corrected chi connectivity index (χ3v) is 3.10. The number of nitrogens with zero attached hydrogens (tertiary/aromatic N) is 1. The summed E-state index contributed by atoms with van der Waals surface area (Å²) in [5.74, 6) is 0.902. The van der Waals surface area contributed by atoms with E-state index in [1.54, 1.807) is 6.26 Å². The van der Waals surface area contributed by atoms with E-state index in [0.717, 1.165) is 38.4 Å². The highest BCUT2D eigenvalue weighted by Gasteiger charge is 2.20. The van der Waals surface area contributed by atoms with Crippen LogP contribution in [0.2, 0.25) is 0 Å². The van der Waals surface area contributed by atoms with Crippen molar-refractivity contribution in [3.63, 3.8) is 0 Å². The molecule has 0 amide bonds. The molecule has 1 aromatic rings. The van der Waals surface area contributed by atoms with E-state index in [2.05, 4.69) is 11.8 Å². The Kier molecular flexibility index (Phi) is 3.98. The van der Waals surface area contributed by atoms with Crippen LogP contribution in [0, 0.1) is 0 Å². The fourth-order valence-electron chi connectivity index (χ4n) is 2.10. The average Bonchev–Trinajstić information content (AvgIpc) is 2.76. The molecule has 2 heterocycles. The van der Waals surface area contributed by atoms with E-state index < -0.39 is 0 Å². The molecule has 2 rings (SSSR count). The normalized spacial score (nSPS) is 22.5. The molecular weight excluding hydrogens is 204 g/mol. The number of ether oxygens (including phenoxy) is 1. The quantitative estimate of drug-likeness (QED) is 0.838. The fraction of sp³-hybridized carbons (Fsp3) is 0.667. The Morgan fingerprint density at radius 3 is 3.19 bits per heavy atom. The van der Waals surface area contributed by atoms with Crippen molar-refractivity contribution in [1.82, 2.24) is 4.90 Å². The lowest BCUT2D eigenvalue weighted by Crippen LogP contribution is -2.41. The van der Waals surface area contributed by atoms with Gasteiger partial charge in [-0.05, 0) is 12.5 Å². The minimum Gasteiger partial charge on any atom is -0.468 e. The van der Waals surface area contributed by atoms with Gasteiger partial charge in [0, 0.05) is 25.2 Å². The van der Waals surface area contributed by atoms with E-state index in [4.69, 9.17) is 14.9 Å². The van der Waals surface area contributed by atoms with E-state index in [9.17, 15) is 0 Å². The van der Waals surface area contributed by atoms with Crippen LogP contribution in [0.3, 0.4) is 0 Å². The van der Waals surface area contributed by atoms with Crippen LogP contribution >= 0.6 is 0 Å². The second kappa shape index (κ2) is 5.48. The topological polar surface area (TPSA) is 51.6 Å². The van der Waals surface area contributed by atoms with Gasteiger partial charge in [-0.25, -0.2) is 0 Å². The van der Waals surface area contributed by atoms with Crippen LogP contribution in [0.25, 0.3) is 0 Å². The molecule has 16 heavy (non-hydrogen) atoms. The fourth-order valence-corrected chi connectivity index (χ4v) is 2.10. The predicted molar refractivity (Wildman–Crippen MR) is 61.9 cm³/mol. The molecule has 0 spiro atoms. The molecule has 1 aromatic heterocycles. The van der Waals surface area contributed by atoms with Gasteiger partial charge in [-0.1, -0.05) is 6.92 Å². The van der Waals surface area contributed by atoms with Crippen molar-refractivity contribution in [2.45, 2.75) is 32.5 Å². The van der Waals surface area contributed by atoms with Crippen molar-refractivity contribution < 1.29 is 9.15 Å². The maximum atomic E-state index is 5.64. The summed E-state index contributed by atoms with van der Waals surface area (Å²) in [4.78, 5) is 2.40. The standard InChI is InChI=1S/C12H20N2O2/c1-2-11-9-14(4-6-15-11)8-10-3-5-16-12(10)7-13/h3,5,11H,2,4,6-9,13H2,1H3. The summed E-state index contributed by atoms with van der Waals surface area (Å²) in [6, 6.07) is 2.01. The molecule has 1 aliphatic rings. The number of hydrogen-bond acceptors (Lipinski definition) is 4. The minimum atomic E-state index is 0.377. The van der Waals surface area contributed by atoms with E-state index in [1.807, 2.05) is 6.07 Å². The molecule has 1 unspecified atom stereocenters. The van der Waals surface area contributed by atoms with Crippen molar-refractivity contribution in [2.75, 3.05) is 19.7 Å². The highest BCUT2D eigenvalue weighted by atomic mass is 16.5. The first kappa shape index (κ1) is 11.6. The molecule has 0 saturated carbocycles. The number of rotatable bonds is 4. The van der Waals surface area contributed by atoms with Crippen molar-refractivity contribution >= 4 is 0 Å². The first-order valence-electron chi connectivity index (χ1n) is 5.92. The Morgan fingerprint density at radius 1 is 1.56 bits per heavy atom. The SMILES string of the molecule is CCC1CN(Cc2ccoc2CN)CCO1. The van der Waals surface area contributed by atoms with Gasteiger partial charge in [0.2, 0.25) is 0 Å². The zero-order valence-corrected chi connectivity index (χ0v) is 9.82. The van der Waals surface area contributed by atoms with E-state index in [1.165, 1.54) is 5.56 Å². The summed E-state index contributed by atoms with van der Waals surface area (Å²) in [7, 11) is 0. The first-order valence-corrected chi connectivity index (χ1v) is 5.92. The lowest BCUT2D eigenvalue weighted by molar-refractivity contribution is -0.0326. The first-order chi connectivity index (χ1) is 7.83. The summed E-state index contributed by atoms with van der Waals surface area (Å²) in [6.45, 7) is 6.38. The summed E-state index contributed by atoms with van der Waals surface area (Å²) in [5.41, 5.74) is 6.82. The van der Waals surface area contributed by atoms with Gasteiger partial charge in [-0.3, -0.25) is 4.90 Å². The highest BCUT2D eigenvalue weighted by molar-refractivity contribution is 5.16. The molecule has 0 aromatic carbocycles. The number of nitrogens with two attached hydrogens (primary N) is 1. The lowest BCUT2D eigenvalue weighted by atomic mass is 10.2. The molecule has 1 atom stereocenters. The van der Waals surface area contributed by atoms with Crippen LogP contribution in [-0.2, 0) is 17.8 Å². The molecule has 4 nitrogen and oxygen atoms in total. The van der Waals surface area contributed by atoms with Gasteiger partial charge in [-0.15, -0.1) is 0 Å². The van der Waals surface area contributed by atoms with Gasteiger partial charge >= 0.3 is 0 Å². The number of furan rings is 1. The maximum absolute atomic E-state index is 5.64. The van der Waals surface area contributed by atoms with Crippen LogP contribution in [0.4, 0.5) is 0 Å². The third-order valence-electron chi connectivity index (χ3n) is 3.10. The maximum Gasteiger partial charge on any atom is 0.121 e. The van der Waals surface area contributed by atoms with Gasteiger partial charge in [0.05, 0.1) is 25.5 Å². The van der Waals surface area contributed by atoms with Gasteiger partial charge in [0.25, 0.3) is 0 Å². The Bertz CT molecular complexity index is 325. The Hall–Kier alpha value is -0.840. The molecule has 1 aliphatic heterocycles. The van der Waals surface area contributed by atoms with Crippen molar-refractivity contribution in [2.24, 2.45) is 5.73 Å². The molecule has 2 N–H and O–H groups in total. The second-order valence-corrected chi connectivity index (χ2v) is 4.21. The molecule has 0 bridgehead atoms. The minimum absolute atomic E-state index is 0.377. The van der Waals surface area contributed by atoms with Crippen LogP contribution in [0.1, 0.15) is 24.7 Å². The molecule has 1 fully saturated rings. The van der Waals surface area contributed by atoms with Crippen molar-refractivity contribution in [3.8, 4) is 0 Å². The molecule has 0 aliphatic carbocycles. The third kappa shape index (κ3) is 2.64. The Labute approximate surface area is 96.4 Å². The van der Waals surface area contributed by atoms with Gasteiger partial charge in [-0.2, -0.15) is 0 Å². The molecule has 90 valence electrons. The Morgan fingerprint density at radius 2 is 2.44 bits per heavy atom. The summed E-state index contributed by atoms with van der Waals surface area (Å²) < 4.78 is 11.0. The molecule has 0 radical (unpaired) electrons. The number of hydrogen-bond donors (Lipinski definition) is 1. The van der Waals surface area contributed by atoms with E-state index >= 15 is 0 Å². The molecule has 4 heteroatoms. The van der Waals surface area contributed by atoms with E-state index in [0.29, 0.717) is 12.6 Å². The van der Waals surface area contributed by atoms with Crippen LogP contribution < -0.4 is 5.73 Å². The smallest absolute Gasteiger partial charge is 0.121 e. The second-order valence-electron chi connectivity index (χ2n) is 4.21. The van der Waals surface area contributed by atoms with E-state index in [-0.39, 0.29) is 0 Å². The van der Waals surface area contributed by atoms with Crippen molar-refractivity contribution in [3.05, 3.63) is 23.7 Å². The van der Waals surface area contributed by atoms with Gasteiger partial charge < -0.3 is 14.9 Å². The van der Waals surface area contributed by atoms with Crippen LogP contribution in [0.15, 0.2) is 16.7 Å². The van der Waals surface area contributed by atoms with Gasteiger partial charge in [0.15, 0.2) is 0 Å². The van der Waals surface area contributed by atoms with Crippen LogP contribution in [0.5, 0.6) is 0 Å². The molecule has 1 saturated heterocycles. The largest absolute Gasteiger partial charge is 0.468 e. The number of morpholine rings is 1. The summed E-state index contributed by atoms with van der Waals surface area (Å²) >= 11 is 0. The monoisotopic (exact) mass is 224 g/mol. The predicted octanol–water partition coefficient (Wildman–Crippen LogP) is 1.35. The summed E-state index contributed by atoms with van der Waals surface area (Å²) in [6.07, 6.45) is 3.17. The average molecular weight is 224 g/mol. The molecular formula is C12H20N2O2. The summed E-state index contributed by atoms with van der Waals surface area (Å²) in [5, 5.41) is 0. The Balaban J connectivity index is 1.93. The zero-order valence-electron chi connectivity index (χ0n) is 9.82.